The lowest BCUT2D eigenvalue weighted by Gasteiger charge is -2.43. The van der Waals surface area contributed by atoms with Crippen LogP contribution < -0.4 is 0 Å². The molecule has 200 valence electrons. The van der Waals surface area contributed by atoms with E-state index in [-0.39, 0.29) is 5.91 Å². The molecule has 2 saturated heterocycles. The van der Waals surface area contributed by atoms with Crippen LogP contribution in [-0.2, 0) is 4.79 Å². The highest BCUT2D eigenvalue weighted by atomic mass is 16.2. The minimum Gasteiger partial charge on any atom is -0.343 e. The normalized spacial score (nSPS) is 17.3. The van der Waals surface area contributed by atoms with Crippen LogP contribution in [0.4, 0.5) is 0 Å². The second kappa shape index (κ2) is 22.9. The summed E-state index contributed by atoms with van der Waals surface area (Å²) in [6.45, 7) is 34.5. The zero-order valence-corrected chi connectivity index (χ0v) is 25.1. The molecule has 0 aromatic heterocycles. The number of nitrogens with zero attached hydrogens (tertiary/aromatic N) is 3. The third-order valence-corrected chi connectivity index (χ3v) is 6.23. The first-order valence-corrected chi connectivity index (χ1v) is 14.0. The molecule has 2 aliphatic rings. The van der Waals surface area contributed by atoms with Gasteiger partial charge >= 0.3 is 0 Å². The number of hydrogen-bond donors (Lipinski definition) is 0. The second-order valence-electron chi connectivity index (χ2n) is 9.32. The highest BCUT2D eigenvalue weighted by Gasteiger charge is 2.30. The van der Waals surface area contributed by atoms with Gasteiger partial charge in [-0.05, 0) is 57.5 Å². The van der Waals surface area contributed by atoms with Gasteiger partial charge in [0.15, 0.2) is 0 Å². The molecule has 0 spiro atoms. The van der Waals surface area contributed by atoms with Crippen molar-refractivity contribution in [3.63, 3.8) is 0 Å². The van der Waals surface area contributed by atoms with Gasteiger partial charge in [-0.25, -0.2) is 0 Å². The van der Waals surface area contributed by atoms with E-state index in [1.165, 1.54) is 38.0 Å². The SMILES string of the molecule is C=C(C)C(C)C.CC.CC.CC.CC(=O)N(C)C1CCN(C2CCN(CC(C)C)CC2)CC1. The van der Waals surface area contributed by atoms with Gasteiger partial charge < -0.3 is 14.7 Å². The molecular weight excluding hydrogens is 406 g/mol. The zero-order chi connectivity index (χ0) is 26.6. The van der Waals surface area contributed by atoms with E-state index in [9.17, 15) is 4.79 Å². The van der Waals surface area contributed by atoms with Crippen molar-refractivity contribution in [2.75, 3.05) is 39.8 Å². The Bertz CT molecular complexity index is 446. The lowest BCUT2D eigenvalue weighted by atomic mass is 9.97. The summed E-state index contributed by atoms with van der Waals surface area (Å²) >= 11 is 0. The van der Waals surface area contributed by atoms with Crippen LogP contribution in [0.15, 0.2) is 12.2 Å². The predicted octanol–water partition coefficient (Wildman–Crippen LogP) is 7.35. The van der Waals surface area contributed by atoms with Crippen molar-refractivity contribution in [1.29, 1.82) is 0 Å². The van der Waals surface area contributed by atoms with Crippen LogP contribution in [0.1, 0.15) is 109 Å². The van der Waals surface area contributed by atoms with Crippen molar-refractivity contribution < 1.29 is 4.79 Å². The second-order valence-corrected chi connectivity index (χ2v) is 9.32. The van der Waals surface area contributed by atoms with Crippen molar-refractivity contribution in [2.45, 2.75) is 121 Å². The van der Waals surface area contributed by atoms with E-state index in [1.54, 1.807) is 6.92 Å². The van der Waals surface area contributed by atoms with Gasteiger partial charge in [0, 0.05) is 45.7 Å². The van der Waals surface area contributed by atoms with Crippen LogP contribution in [0.25, 0.3) is 0 Å². The number of rotatable bonds is 5. The van der Waals surface area contributed by atoms with Gasteiger partial charge in [-0.3, -0.25) is 4.79 Å². The fourth-order valence-corrected chi connectivity index (χ4v) is 3.88. The fourth-order valence-electron chi connectivity index (χ4n) is 3.88. The molecule has 0 atom stereocenters. The summed E-state index contributed by atoms with van der Waals surface area (Å²) in [6, 6.07) is 1.23. The highest BCUT2D eigenvalue weighted by Crippen LogP contribution is 2.23. The van der Waals surface area contributed by atoms with Gasteiger partial charge in [0.2, 0.25) is 5.91 Å². The van der Waals surface area contributed by atoms with Gasteiger partial charge in [-0.15, -0.1) is 0 Å². The van der Waals surface area contributed by atoms with Crippen LogP contribution in [-0.4, -0.2) is 72.5 Å². The predicted molar refractivity (Wildman–Crippen MR) is 151 cm³/mol. The molecule has 4 nitrogen and oxygen atoms in total. The number of hydrogen-bond acceptors (Lipinski definition) is 3. The van der Waals surface area contributed by atoms with Crippen molar-refractivity contribution >= 4 is 5.91 Å². The monoisotopic (exact) mass is 469 g/mol. The molecule has 1 amide bonds. The molecule has 4 heteroatoms. The number of carbonyl (C=O) groups is 1. The standard InChI is InChI=1S/C17H33N3O.C6H12.3C2H6/c1-14(2)13-19-9-5-17(6-10-19)20-11-7-16(8-12-20)18(4)15(3)21;1-5(2)6(3)4;3*1-2/h14,16-17H,5-13H2,1-4H3;6H,1H2,2-4H3;3*1-2H3. The lowest BCUT2D eigenvalue weighted by molar-refractivity contribution is -0.130. The summed E-state index contributed by atoms with van der Waals surface area (Å²) in [4.78, 5) is 18.7. The topological polar surface area (TPSA) is 26.8 Å². The van der Waals surface area contributed by atoms with Gasteiger partial charge in [0.05, 0.1) is 0 Å². The Labute approximate surface area is 210 Å². The van der Waals surface area contributed by atoms with Crippen LogP contribution in [0.2, 0.25) is 0 Å². The third-order valence-electron chi connectivity index (χ3n) is 6.23. The van der Waals surface area contributed by atoms with Crippen LogP contribution >= 0.6 is 0 Å². The molecule has 0 saturated carbocycles. The molecule has 0 radical (unpaired) electrons. The Kier molecular flexibility index (Phi) is 25.5. The summed E-state index contributed by atoms with van der Waals surface area (Å²) in [6.07, 6.45) is 4.92. The molecule has 0 aromatic rings. The maximum absolute atomic E-state index is 11.5. The first-order valence-electron chi connectivity index (χ1n) is 14.0. The minimum absolute atomic E-state index is 0.204. The highest BCUT2D eigenvalue weighted by molar-refractivity contribution is 5.73. The lowest BCUT2D eigenvalue weighted by Crippen LogP contribution is -2.51. The Hall–Kier alpha value is -0.870. The minimum atomic E-state index is 0.204. The summed E-state index contributed by atoms with van der Waals surface area (Å²) in [7, 11) is 1.95. The van der Waals surface area contributed by atoms with Gasteiger partial charge in [-0.1, -0.05) is 81.4 Å². The van der Waals surface area contributed by atoms with E-state index in [1.807, 2.05) is 60.4 Å². The molecule has 2 heterocycles. The van der Waals surface area contributed by atoms with Crippen molar-refractivity contribution in [3.8, 4) is 0 Å². The maximum atomic E-state index is 11.5. The average Bonchev–Trinajstić information content (AvgIpc) is 2.83. The molecule has 0 N–H and O–H groups in total. The van der Waals surface area contributed by atoms with Crippen molar-refractivity contribution in [3.05, 3.63) is 12.2 Å². The molecule has 2 fully saturated rings. The van der Waals surface area contributed by atoms with Gasteiger partial charge in [0.25, 0.3) is 0 Å². The molecule has 2 rings (SSSR count). The average molecular weight is 470 g/mol. The Morgan fingerprint density at radius 1 is 0.848 bits per heavy atom. The summed E-state index contributed by atoms with van der Waals surface area (Å²) in [5.74, 6) is 1.64. The largest absolute Gasteiger partial charge is 0.343 e. The smallest absolute Gasteiger partial charge is 0.219 e. The maximum Gasteiger partial charge on any atom is 0.219 e. The quantitative estimate of drug-likeness (QED) is 0.394. The van der Waals surface area contributed by atoms with Gasteiger partial charge in [-0.2, -0.15) is 0 Å². The van der Waals surface area contributed by atoms with Crippen molar-refractivity contribution in [2.24, 2.45) is 11.8 Å². The number of allylic oxidation sites excluding steroid dienone is 1. The summed E-state index contributed by atoms with van der Waals surface area (Å²) in [5.41, 5.74) is 1.26. The molecule has 0 aliphatic carbocycles. The number of likely N-dealkylation sites (tertiary alicyclic amines) is 2. The number of piperidine rings is 2. The molecule has 0 bridgehead atoms. The van der Waals surface area contributed by atoms with E-state index in [0.29, 0.717) is 12.0 Å². The van der Waals surface area contributed by atoms with E-state index in [0.717, 1.165) is 37.9 Å². The molecule has 0 unspecified atom stereocenters. The molecule has 2 aliphatic heterocycles. The molecular formula is C29H63N3O. The summed E-state index contributed by atoms with van der Waals surface area (Å²) < 4.78 is 0. The Balaban J connectivity index is -0.000000635. The Morgan fingerprint density at radius 2 is 1.24 bits per heavy atom. The number of amides is 1. The van der Waals surface area contributed by atoms with E-state index in [4.69, 9.17) is 0 Å². The summed E-state index contributed by atoms with van der Waals surface area (Å²) in [5, 5.41) is 0. The van der Waals surface area contributed by atoms with E-state index < -0.39 is 0 Å². The molecule has 33 heavy (non-hydrogen) atoms. The van der Waals surface area contributed by atoms with E-state index in [2.05, 4.69) is 44.1 Å². The third kappa shape index (κ3) is 17.3. The Morgan fingerprint density at radius 3 is 1.55 bits per heavy atom. The first kappa shape index (κ1) is 36.7. The van der Waals surface area contributed by atoms with E-state index >= 15 is 0 Å². The number of carbonyl (C=O) groups excluding carboxylic acids is 1. The fraction of sp³-hybridized carbons (Fsp3) is 0.897. The molecule has 0 aromatic carbocycles. The zero-order valence-electron chi connectivity index (χ0n) is 25.1. The van der Waals surface area contributed by atoms with Gasteiger partial charge in [0.1, 0.15) is 0 Å². The van der Waals surface area contributed by atoms with Crippen LogP contribution in [0, 0.1) is 11.8 Å². The van der Waals surface area contributed by atoms with Crippen LogP contribution in [0.5, 0.6) is 0 Å². The van der Waals surface area contributed by atoms with Crippen LogP contribution in [0.3, 0.4) is 0 Å². The first-order chi connectivity index (χ1) is 15.6. The van der Waals surface area contributed by atoms with Crippen molar-refractivity contribution in [1.82, 2.24) is 14.7 Å².